The van der Waals surface area contributed by atoms with E-state index in [1.54, 1.807) is 17.5 Å². The maximum absolute atomic E-state index is 12.3. The summed E-state index contributed by atoms with van der Waals surface area (Å²) in [6, 6.07) is 9.31. The lowest BCUT2D eigenvalue weighted by Gasteiger charge is -2.15. The Balaban J connectivity index is 2.06. The third-order valence-electron chi connectivity index (χ3n) is 2.79. The molecule has 1 heterocycles. The second kappa shape index (κ2) is 6.58. The molecular weight excluding hydrogens is 290 g/mol. The smallest absolute Gasteiger partial charge is 0.234 e. The predicted molar refractivity (Wildman–Crippen MR) is 84.7 cm³/mol. The van der Waals surface area contributed by atoms with E-state index in [1.165, 1.54) is 0 Å². The number of carbonyl (C=O) groups is 1. The van der Waals surface area contributed by atoms with Crippen LogP contribution < -0.4 is 11.1 Å². The Labute approximate surface area is 127 Å². The van der Waals surface area contributed by atoms with Gasteiger partial charge in [0.25, 0.3) is 0 Å². The molecule has 0 saturated heterocycles. The normalized spacial score (nSPS) is 11.8. The Morgan fingerprint density at radius 2 is 2.15 bits per heavy atom. The standard InChI is InChI=1S/C14H15N3OS2/c1-9-16-7-11(20-9)8-17-14(18)12(13(15)19)10-5-3-2-4-6-10/h2-7,12H,8H2,1H3,(H2,15,19)(H,17,18). The van der Waals surface area contributed by atoms with Crippen LogP contribution in [0.2, 0.25) is 0 Å². The first-order valence-corrected chi connectivity index (χ1v) is 7.33. The molecule has 1 aromatic carbocycles. The summed E-state index contributed by atoms with van der Waals surface area (Å²) >= 11 is 6.57. The van der Waals surface area contributed by atoms with Crippen LogP contribution in [0.4, 0.5) is 0 Å². The van der Waals surface area contributed by atoms with Crippen molar-refractivity contribution in [3.63, 3.8) is 0 Å². The van der Waals surface area contributed by atoms with E-state index in [0.717, 1.165) is 15.4 Å². The molecule has 4 nitrogen and oxygen atoms in total. The number of rotatable bonds is 5. The molecule has 104 valence electrons. The molecule has 0 aliphatic rings. The first kappa shape index (κ1) is 14.6. The van der Waals surface area contributed by atoms with Gasteiger partial charge in [0.1, 0.15) is 5.92 Å². The van der Waals surface area contributed by atoms with Gasteiger partial charge < -0.3 is 11.1 Å². The Kier molecular flexibility index (Phi) is 4.81. The molecule has 3 N–H and O–H groups in total. The molecule has 0 fully saturated rings. The third kappa shape index (κ3) is 3.61. The number of nitrogens with one attached hydrogen (secondary N) is 1. The van der Waals surface area contributed by atoms with Crippen LogP contribution in [0.5, 0.6) is 0 Å². The summed E-state index contributed by atoms with van der Waals surface area (Å²) in [6.07, 6.45) is 1.76. The maximum atomic E-state index is 12.3. The van der Waals surface area contributed by atoms with Crippen LogP contribution in [0.3, 0.4) is 0 Å². The first-order valence-electron chi connectivity index (χ1n) is 6.11. The van der Waals surface area contributed by atoms with Gasteiger partial charge in [-0.05, 0) is 12.5 Å². The first-order chi connectivity index (χ1) is 9.58. The van der Waals surface area contributed by atoms with Gasteiger partial charge in [0, 0.05) is 11.1 Å². The SMILES string of the molecule is Cc1ncc(CNC(=O)C(C(N)=S)c2ccccc2)s1. The number of carbonyl (C=O) groups excluding carboxylic acids is 1. The van der Waals surface area contributed by atoms with E-state index in [4.69, 9.17) is 18.0 Å². The number of amides is 1. The quantitative estimate of drug-likeness (QED) is 0.831. The van der Waals surface area contributed by atoms with Gasteiger partial charge in [-0.25, -0.2) is 4.98 Å². The van der Waals surface area contributed by atoms with E-state index >= 15 is 0 Å². The molecule has 1 amide bonds. The molecule has 2 rings (SSSR count). The van der Waals surface area contributed by atoms with Gasteiger partial charge in [-0.1, -0.05) is 42.5 Å². The Morgan fingerprint density at radius 3 is 2.70 bits per heavy atom. The molecule has 6 heteroatoms. The number of benzene rings is 1. The van der Waals surface area contributed by atoms with Gasteiger partial charge in [0.2, 0.25) is 5.91 Å². The predicted octanol–water partition coefficient (Wildman–Crippen LogP) is 2.14. The van der Waals surface area contributed by atoms with Crippen molar-refractivity contribution in [1.29, 1.82) is 0 Å². The van der Waals surface area contributed by atoms with Gasteiger partial charge in [0.15, 0.2) is 0 Å². The van der Waals surface area contributed by atoms with Crippen molar-refractivity contribution < 1.29 is 4.79 Å². The zero-order valence-corrected chi connectivity index (χ0v) is 12.6. The van der Waals surface area contributed by atoms with Crippen LogP contribution in [0.25, 0.3) is 0 Å². The van der Waals surface area contributed by atoms with E-state index in [-0.39, 0.29) is 10.9 Å². The van der Waals surface area contributed by atoms with Gasteiger partial charge in [-0.3, -0.25) is 4.79 Å². The summed E-state index contributed by atoms with van der Waals surface area (Å²) < 4.78 is 0. The molecule has 0 saturated carbocycles. The number of aryl methyl sites for hydroxylation is 1. The highest BCUT2D eigenvalue weighted by molar-refractivity contribution is 7.80. The summed E-state index contributed by atoms with van der Waals surface area (Å²) in [6.45, 7) is 2.37. The van der Waals surface area contributed by atoms with E-state index in [9.17, 15) is 4.79 Å². The molecule has 0 aliphatic carbocycles. The summed E-state index contributed by atoms with van der Waals surface area (Å²) in [4.78, 5) is 17.6. The Morgan fingerprint density at radius 1 is 1.45 bits per heavy atom. The van der Waals surface area contributed by atoms with Crippen LogP contribution >= 0.6 is 23.6 Å². The summed E-state index contributed by atoms with van der Waals surface area (Å²) in [5.74, 6) is -0.782. The number of hydrogen-bond acceptors (Lipinski definition) is 4. The number of aromatic nitrogens is 1. The average Bonchev–Trinajstić information content (AvgIpc) is 2.83. The van der Waals surface area contributed by atoms with Crippen molar-refractivity contribution in [1.82, 2.24) is 10.3 Å². The second-order valence-electron chi connectivity index (χ2n) is 4.31. The lowest BCUT2D eigenvalue weighted by molar-refractivity contribution is -0.121. The molecule has 0 spiro atoms. The fourth-order valence-electron chi connectivity index (χ4n) is 1.85. The monoisotopic (exact) mass is 305 g/mol. The van der Waals surface area contributed by atoms with Crippen molar-refractivity contribution in [2.24, 2.45) is 5.73 Å². The number of thiocarbonyl (C=S) groups is 1. The Bertz CT molecular complexity index is 610. The van der Waals surface area contributed by atoms with Gasteiger partial charge in [-0.15, -0.1) is 11.3 Å². The largest absolute Gasteiger partial charge is 0.392 e. The van der Waals surface area contributed by atoms with Crippen molar-refractivity contribution >= 4 is 34.5 Å². The maximum Gasteiger partial charge on any atom is 0.234 e. The number of nitrogens with zero attached hydrogens (tertiary/aromatic N) is 1. The lowest BCUT2D eigenvalue weighted by atomic mass is 9.98. The number of thiazole rings is 1. The summed E-state index contributed by atoms with van der Waals surface area (Å²) in [5.41, 5.74) is 6.51. The molecule has 1 aromatic heterocycles. The summed E-state index contributed by atoms with van der Waals surface area (Å²) in [7, 11) is 0. The lowest BCUT2D eigenvalue weighted by Crippen LogP contribution is -2.35. The summed E-state index contributed by atoms with van der Waals surface area (Å²) in [5, 5.41) is 3.83. The topological polar surface area (TPSA) is 68.0 Å². The zero-order chi connectivity index (χ0) is 14.5. The Hall–Kier alpha value is -1.79. The van der Waals surface area contributed by atoms with E-state index in [2.05, 4.69) is 10.3 Å². The van der Waals surface area contributed by atoms with Crippen LogP contribution in [-0.2, 0) is 11.3 Å². The van der Waals surface area contributed by atoms with Gasteiger partial charge >= 0.3 is 0 Å². The number of nitrogens with two attached hydrogens (primary N) is 1. The van der Waals surface area contributed by atoms with Crippen LogP contribution in [-0.4, -0.2) is 15.9 Å². The van der Waals surface area contributed by atoms with Gasteiger partial charge in [-0.2, -0.15) is 0 Å². The van der Waals surface area contributed by atoms with Crippen molar-refractivity contribution in [2.75, 3.05) is 0 Å². The molecular formula is C14H15N3OS2. The van der Waals surface area contributed by atoms with E-state index < -0.39 is 5.92 Å². The van der Waals surface area contributed by atoms with Crippen LogP contribution in [0.1, 0.15) is 21.4 Å². The van der Waals surface area contributed by atoms with Crippen LogP contribution in [0, 0.1) is 6.92 Å². The second-order valence-corrected chi connectivity index (χ2v) is 6.10. The highest BCUT2D eigenvalue weighted by Crippen LogP contribution is 2.17. The van der Waals surface area contributed by atoms with E-state index in [0.29, 0.717) is 6.54 Å². The minimum absolute atomic E-state index is 0.175. The molecule has 2 aromatic rings. The molecule has 0 bridgehead atoms. The molecule has 1 atom stereocenters. The van der Waals surface area contributed by atoms with E-state index in [1.807, 2.05) is 37.3 Å². The molecule has 1 unspecified atom stereocenters. The van der Waals surface area contributed by atoms with Crippen molar-refractivity contribution in [3.05, 3.63) is 52.0 Å². The van der Waals surface area contributed by atoms with Crippen LogP contribution in [0.15, 0.2) is 36.5 Å². The fourth-order valence-corrected chi connectivity index (χ4v) is 2.83. The fraction of sp³-hybridized carbons (Fsp3) is 0.214. The third-order valence-corrected chi connectivity index (χ3v) is 3.93. The molecule has 0 aliphatic heterocycles. The average molecular weight is 305 g/mol. The highest BCUT2D eigenvalue weighted by atomic mass is 32.1. The van der Waals surface area contributed by atoms with Crippen molar-refractivity contribution in [3.8, 4) is 0 Å². The van der Waals surface area contributed by atoms with Crippen molar-refractivity contribution in [2.45, 2.75) is 19.4 Å². The number of hydrogen-bond donors (Lipinski definition) is 2. The zero-order valence-electron chi connectivity index (χ0n) is 11.0. The van der Waals surface area contributed by atoms with Gasteiger partial charge in [0.05, 0.1) is 16.5 Å². The minimum atomic E-state index is -0.597. The molecule has 20 heavy (non-hydrogen) atoms. The highest BCUT2D eigenvalue weighted by Gasteiger charge is 2.23. The molecule has 0 radical (unpaired) electrons. The minimum Gasteiger partial charge on any atom is -0.392 e.